The molecule has 7 nitrogen and oxygen atoms in total. The maximum absolute atomic E-state index is 13.4. The molecule has 3 aromatic carbocycles. The fourth-order valence-electron chi connectivity index (χ4n) is 4.97. The summed E-state index contributed by atoms with van der Waals surface area (Å²) in [6, 6.07) is 19.3. The number of hydrazone groups is 1. The van der Waals surface area contributed by atoms with Crippen LogP contribution in [0.2, 0.25) is 0 Å². The Morgan fingerprint density at radius 1 is 1.00 bits per heavy atom. The summed E-state index contributed by atoms with van der Waals surface area (Å²) in [4.78, 5) is 31.4. The number of para-hydroxylation sites is 1. The van der Waals surface area contributed by atoms with E-state index in [0.717, 1.165) is 38.5 Å². The number of carbonyl (C=O) groups is 2. The van der Waals surface area contributed by atoms with Crippen molar-refractivity contribution in [2.24, 2.45) is 5.10 Å². The van der Waals surface area contributed by atoms with E-state index in [1.54, 1.807) is 18.2 Å². The van der Waals surface area contributed by atoms with Crippen LogP contribution in [0, 0.1) is 0 Å². The Bertz CT molecular complexity index is 1450. The molecule has 1 saturated heterocycles. The molecule has 1 fully saturated rings. The average Bonchev–Trinajstić information content (AvgIpc) is 3.22. The van der Waals surface area contributed by atoms with Crippen molar-refractivity contribution >= 4 is 39.7 Å². The van der Waals surface area contributed by atoms with Crippen LogP contribution < -0.4 is 4.74 Å². The molecule has 7 heteroatoms. The second kappa shape index (κ2) is 7.48. The number of H-pyrrole nitrogens is 1. The summed E-state index contributed by atoms with van der Waals surface area (Å²) in [6.07, 6.45) is 2.11. The normalized spacial score (nSPS) is 18.3. The van der Waals surface area contributed by atoms with Gasteiger partial charge in [0.15, 0.2) is 0 Å². The van der Waals surface area contributed by atoms with Crippen molar-refractivity contribution in [3.05, 3.63) is 77.5 Å². The lowest BCUT2D eigenvalue weighted by atomic mass is 9.94. The van der Waals surface area contributed by atoms with Gasteiger partial charge < -0.3 is 14.6 Å². The Hall–Kier alpha value is -4.13. The molecule has 4 aromatic rings. The van der Waals surface area contributed by atoms with Crippen molar-refractivity contribution in [1.82, 2.24) is 14.9 Å². The highest BCUT2D eigenvalue weighted by Crippen LogP contribution is 2.33. The summed E-state index contributed by atoms with van der Waals surface area (Å²) in [7, 11) is 1.61. The average molecular weight is 438 g/mol. The number of nitrogens with one attached hydrogen (secondary N) is 1. The summed E-state index contributed by atoms with van der Waals surface area (Å²) >= 11 is 0. The molecular formula is C26H22N4O3. The van der Waals surface area contributed by atoms with Crippen molar-refractivity contribution in [2.45, 2.75) is 19.0 Å². The Morgan fingerprint density at radius 2 is 1.79 bits per heavy atom. The molecule has 0 radical (unpaired) electrons. The number of aromatic nitrogens is 1. The van der Waals surface area contributed by atoms with E-state index in [9.17, 15) is 9.59 Å². The number of benzene rings is 3. The third-order valence-corrected chi connectivity index (χ3v) is 6.63. The lowest BCUT2D eigenvalue weighted by Crippen LogP contribution is -2.60. The van der Waals surface area contributed by atoms with Crippen LogP contribution in [0.5, 0.6) is 5.75 Å². The lowest BCUT2D eigenvalue weighted by molar-refractivity contribution is -0.157. The molecule has 0 aliphatic carbocycles. The highest BCUT2D eigenvalue weighted by Gasteiger charge is 2.43. The van der Waals surface area contributed by atoms with E-state index in [2.05, 4.69) is 16.2 Å². The first kappa shape index (κ1) is 19.5. The quantitative estimate of drug-likeness (QED) is 0.498. The van der Waals surface area contributed by atoms with Gasteiger partial charge in [-0.15, -0.1) is 0 Å². The molecule has 0 spiro atoms. The zero-order valence-electron chi connectivity index (χ0n) is 18.1. The third kappa shape index (κ3) is 3.08. The summed E-state index contributed by atoms with van der Waals surface area (Å²) in [5.41, 5.74) is 3.92. The number of fused-ring (bicyclic) bond motifs is 5. The van der Waals surface area contributed by atoms with Crippen molar-refractivity contribution in [1.29, 1.82) is 0 Å². The molecule has 1 N–H and O–H groups in total. The third-order valence-electron chi connectivity index (χ3n) is 6.63. The minimum absolute atomic E-state index is 0.0749. The fourth-order valence-corrected chi connectivity index (χ4v) is 4.97. The molecular weight excluding hydrogens is 416 g/mol. The minimum Gasteiger partial charge on any atom is -0.496 e. The number of hydrogen-bond donors (Lipinski definition) is 1. The van der Waals surface area contributed by atoms with Crippen LogP contribution >= 0.6 is 0 Å². The SMILES string of the molecule is COc1ccc2ccccc2c1/C=N\N1CC(=O)N2Cc3[nH]c4ccccc4c3C[C@H]2C1=O. The molecule has 3 heterocycles. The molecule has 0 bridgehead atoms. The van der Waals surface area contributed by atoms with Gasteiger partial charge in [0.25, 0.3) is 5.91 Å². The first-order valence-corrected chi connectivity index (χ1v) is 10.9. The Labute approximate surface area is 190 Å². The van der Waals surface area contributed by atoms with Gasteiger partial charge in [-0.2, -0.15) is 5.10 Å². The molecule has 2 amide bonds. The van der Waals surface area contributed by atoms with Gasteiger partial charge in [0.05, 0.1) is 19.9 Å². The minimum atomic E-state index is -0.551. The first-order chi connectivity index (χ1) is 16.1. The van der Waals surface area contributed by atoms with E-state index < -0.39 is 6.04 Å². The van der Waals surface area contributed by atoms with E-state index in [-0.39, 0.29) is 18.4 Å². The van der Waals surface area contributed by atoms with Gasteiger partial charge in [0.2, 0.25) is 5.91 Å². The number of amides is 2. The number of ether oxygens (including phenoxy) is 1. The van der Waals surface area contributed by atoms with Gasteiger partial charge in [-0.25, -0.2) is 5.01 Å². The molecule has 1 aromatic heterocycles. The van der Waals surface area contributed by atoms with E-state index in [4.69, 9.17) is 4.74 Å². The second-order valence-corrected chi connectivity index (χ2v) is 8.41. The molecule has 6 rings (SSSR count). The lowest BCUT2D eigenvalue weighted by Gasteiger charge is -2.40. The fraction of sp³-hybridized carbons (Fsp3) is 0.192. The molecule has 0 unspecified atom stereocenters. The predicted octanol–water partition coefficient (Wildman–Crippen LogP) is 3.46. The van der Waals surface area contributed by atoms with E-state index >= 15 is 0 Å². The van der Waals surface area contributed by atoms with Crippen LogP contribution in [0.3, 0.4) is 0 Å². The van der Waals surface area contributed by atoms with Crippen molar-refractivity contribution < 1.29 is 14.3 Å². The van der Waals surface area contributed by atoms with Crippen LogP contribution in [0.4, 0.5) is 0 Å². The van der Waals surface area contributed by atoms with Gasteiger partial charge in [-0.1, -0.05) is 48.5 Å². The van der Waals surface area contributed by atoms with Crippen LogP contribution in [-0.4, -0.2) is 52.6 Å². The van der Waals surface area contributed by atoms with E-state index in [1.807, 2.05) is 54.6 Å². The van der Waals surface area contributed by atoms with Gasteiger partial charge >= 0.3 is 0 Å². The molecule has 2 aliphatic rings. The Morgan fingerprint density at radius 3 is 2.64 bits per heavy atom. The van der Waals surface area contributed by atoms with Gasteiger partial charge in [0, 0.05) is 28.6 Å². The van der Waals surface area contributed by atoms with Crippen molar-refractivity contribution in [3.63, 3.8) is 0 Å². The van der Waals surface area contributed by atoms with Gasteiger partial charge in [-0.05, 0) is 28.5 Å². The molecule has 164 valence electrons. The number of aromatic amines is 1. The number of nitrogens with zero attached hydrogens (tertiary/aromatic N) is 3. The highest BCUT2D eigenvalue weighted by atomic mass is 16.5. The number of rotatable bonds is 3. The first-order valence-electron chi connectivity index (χ1n) is 10.9. The van der Waals surface area contributed by atoms with E-state index in [1.165, 1.54) is 5.01 Å². The van der Waals surface area contributed by atoms with E-state index in [0.29, 0.717) is 18.7 Å². The monoisotopic (exact) mass is 438 g/mol. The number of piperazine rings is 1. The van der Waals surface area contributed by atoms with Crippen LogP contribution in [0.1, 0.15) is 16.8 Å². The Kier molecular flexibility index (Phi) is 4.43. The second-order valence-electron chi connectivity index (χ2n) is 8.41. The smallest absolute Gasteiger partial charge is 0.266 e. The number of carbonyl (C=O) groups excluding carboxylic acids is 2. The Balaban J connectivity index is 1.34. The van der Waals surface area contributed by atoms with Crippen molar-refractivity contribution in [2.75, 3.05) is 13.7 Å². The highest BCUT2D eigenvalue weighted by molar-refractivity contribution is 6.03. The van der Waals surface area contributed by atoms with Crippen LogP contribution in [-0.2, 0) is 22.6 Å². The summed E-state index contributed by atoms with van der Waals surface area (Å²) in [5.74, 6) is 0.392. The predicted molar refractivity (Wildman–Crippen MR) is 126 cm³/mol. The molecule has 2 aliphatic heterocycles. The van der Waals surface area contributed by atoms with Gasteiger partial charge in [-0.3, -0.25) is 9.59 Å². The molecule has 0 saturated carbocycles. The standard InChI is InChI=1S/C26H22N4O3/c1-33-24-11-10-16-6-2-3-7-17(16)20(24)13-27-30-15-25(31)29-14-22-19(12-23(29)26(30)32)18-8-4-5-9-21(18)28-22/h2-11,13,23,28H,12,14-15H2,1H3/b27-13-/t23-/m0/s1. The molecule has 1 atom stereocenters. The summed E-state index contributed by atoms with van der Waals surface area (Å²) in [6.45, 7) is 0.336. The number of hydrogen-bond acceptors (Lipinski definition) is 4. The maximum Gasteiger partial charge on any atom is 0.266 e. The number of methoxy groups -OCH3 is 1. The molecule has 33 heavy (non-hydrogen) atoms. The zero-order valence-corrected chi connectivity index (χ0v) is 18.1. The summed E-state index contributed by atoms with van der Waals surface area (Å²) < 4.78 is 5.52. The topological polar surface area (TPSA) is 78.0 Å². The largest absolute Gasteiger partial charge is 0.496 e. The maximum atomic E-state index is 13.4. The zero-order chi connectivity index (χ0) is 22.5. The van der Waals surface area contributed by atoms with Crippen LogP contribution in [0.25, 0.3) is 21.7 Å². The van der Waals surface area contributed by atoms with Gasteiger partial charge in [0.1, 0.15) is 18.3 Å². The summed E-state index contributed by atoms with van der Waals surface area (Å²) in [5, 5.41) is 8.88. The van der Waals surface area contributed by atoms with Crippen molar-refractivity contribution in [3.8, 4) is 5.75 Å². The van der Waals surface area contributed by atoms with Crippen LogP contribution in [0.15, 0.2) is 65.8 Å².